The molecule has 11 heteroatoms. The van der Waals surface area contributed by atoms with Crippen molar-refractivity contribution >= 4 is 17.6 Å². The largest absolute Gasteiger partial charge is 0.433 e. The van der Waals surface area contributed by atoms with Crippen LogP contribution in [0.3, 0.4) is 0 Å². The second kappa shape index (κ2) is 7.82. The molecule has 1 aromatic carbocycles. The van der Waals surface area contributed by atoms with Crippen LogP contribution in [0.25, 0.3) is 5.69 Å². The van der Waals surface area contributed by atoms with Gasteiger partial charge in [0.05, 0.1) is 11.9 Å². The van der Waals surface area contributed by atoms with E-state index in [9.17, 15) is 22.8 Å². The molecule has 0 saturated heterocycles. The van der Waals surface area contributed by atoms with E-state index in [2.05, 4.69) is 20.4 Å². The highest BCUT2D eigenvalue weighted by Crippen LogP contribution is 2.30. The lowest BCUT2D eigenvalue weighted by Crippen LogP contribution is -2.53. The minimum absolute atomic E-state index is 0.141. The van der Waals surface area contributed by atoms with Crippen molar-refractivity contribution in [2.24, 2.45) is 0 Å². The van der Waals surface area contributed by atoms with Gasteiger partial charge < -0.3 is 5.32 Å². The third kappa shape index (κ3) is 3.86. The maximum atomic E-state index is 13.0. The Hall–Kier alpha value is -3.76. The molecular weight excluding hydrogens is 413 g/mol. The molecule has 3 aromatic rings. The highest BCUT2D eigenvalue weighted by molar-refractivity contribution is 6.03. The lowest BCUT2D eigenvalue weighted by atomic mass is 10.0. The van der Waals surface area contributed by atoms with Gasteiger partial charge in [-0.2, -0.15) is 18.3 Å². The molecule has 1 N–H and O–H groups in total. The van der Waals surface area contributed by atoms with Gasteiger partial charge in [-0.1, -0.05) is 18.2 Å². The molecule has 0 radical (unpaired) electrons. The number of para-hydroxylation sites is 1. The standard InChI is InChI=1S/C20H17F3N6O2/c1-2-28-18-12(11-25-29(18)13-6-4-3-5-7-13)10-14(19(28)31)26-17(30)16-24-9-8-15(27-16)20(21,22)23/h3-9,11,14H,2,10H2,1H3,(H,26,30)/t14-/m0/s1. The van der Waals surface area contributed by atoms with E-state index in [1.165, 1.54) is 4.90 Å². The van der Waals surface area contributed by atoms with Gasteiger partial charge in [-0.3, -0.25) is 14.5 Å². The Morgan fingerprint density at radius 2 is 1.97 bits per heavy atom. The SMILES string of the molecule is CCN1C(=O)[C@@H](NC(=O)c2nccc(C(F)(F)F)n2)Cc2cnn(-c3ccccc3)c21. The summed E-state index contributed by atoms with van der Waals surface area (Å²) >= 11 is 0. The lowest BCUT2D eigenvalue weighted by molar-refractivity contribution is -0.141. The topological polar surface area (TPSA) is 93.0 Å². The van der Waals surface area contributed by atoms with Crippen molar-refractivity contribution in [1.29, 1.82) is 0 Å². The monoisotopic (exact) mass is 430 g/mol. The number of carbonyl (C=O) groups excluding carboxylic acids is 2. The maximum absolute atomic E-state index is 13.0. The van der Waals surface area contributed by atoms with E-state index in [1.807, 2.05) is 30.3 Å². The fraction of sp³-hybridized carbons (Fsp3) is 0.250. The molecule has 0 saturated carbocycles. The number of benzene rings is 1. The van der Waals surface area contributed by atoms with Crippen molar-refractivity contribution in [3.63, 3.8) is 0 Å². The number of likely N-dealkylation sites (N-methyl/N-ethyl adjacent to an activating group) is 1. The Kier molecular flexibility index (Phi) is 5.17. The predicted molar refractivity (Wildman–Crippen MR) is 104 cm³/mol. The third-order valence-electron chi connectivity index (χ3n) is 4.83. The molecule has 3 heterocycles. The van der Waals surface area contributed by atoms with Crippen LogP contribution in [0.1, 0.15) is 28.8 Å². The zero-order valence-electron chi connectivity index (χ0n) is 16.3. The number of halogens is 3. The average molecular weight is 430 g/mol. The number of hydrogen-bond donors (Lipinski definition) is 1. The molecular formula is C20H17F3N6O2. The summed E-state index contributed by atoms with van der Waals surface area (Å²) < 4.78 is 40.2. The van der Waals surface area contributed by atoms with Gasteiger partial charge in [0, 0.05) is 24.7 Å². The van der Waals surface area contributed by atoms with Crippen LogP contribution >= 0.6 is 0 Å². The first-order chi connectivity index (χ1) is 14.8. The quantitative estimate of drug-likeness (QED) is 0.686. The van der Waals surface area contributed by atoms with Crippen molar-refractivity contribution < 1.29 is 22.8 Å². The van der Waals surface area contributed by atoms with Crippen LogP contribution in [0, 0.1) is 0 Å². The van der Waals surface area contributed by atoms with Crippen LogP contribution in [0.4, 0.5) is 19.0 Å². The van der Waals surface area contributed by atoms with Gasteiger partial charge in [0.2, 0.25) is 5.82 Å². The van der Waals surface area contributed by atoms with Crippen molar-refractivity contribution in [3.05, 3.63) is 65.9 Å². The summed E-state index contributed by atoms with van der Waals surface area (Å²) in [6, 6.07) is 8.96. The molecule has 1 aliphatic rings. The Labute approximate surface area is 174 Å². The number of nitrogens with zero attached hydrogens (tertiary/aromatic N) is 5. The first-order valence-corrected chi connectivity index (χ1v) is 9.44. The minimum atomic E-state index is -4.71. The Morgan fingerprint density at radius 3 is 2.65 bits per heavy atom. The van der Waals surface area contributed by atoms with Gasteiger partial charge in [-0.15, -0.1) is 0 Å². The van der Waals surface area contributed by atoms with E-state index in [0.29, 0.717) is 18.4 Å². The predicted octanol–water partition coefficient (Wildman–Crippen LogP) is 2.39. The number of rotatable bonds is 4. The molecule has 0 spiro atoms. The van der Waals surface area contributed by atoms with E-state index in [1.54, 1.807) is 17.8 Å². The maximum Gasteiger partial charge on any atom is 0.433 e. The van der Waals surface area contributed by atoms with E-state index in [0.717, 1.165) is 17.4 Å². The van der Waals surface area contributed by atoms with Gasteiger partial charge in [0.25, 0.3) is 11.8 Å². The number of anilines is 1. The minimum Gasteiger partial charge on any atom is -0.337 e. The van der Waals surface area contributed by atoms with Gasteiger partial charge >= 0.3 is 6.18 Å². The zero-order valence-corrected chi connectivity index (χ0v) is 16.3. The van der Waals surface area contributed by atoms with Crippen molar-refractivity contribution in [3.8, 4) is 5.69 Å². The molecule has 2 aromatic heterocycles. The van der Waals surface area contributed by atoms with E-state index >= 15 is 0 Å². The molecule has 8 nitrogen and oxygen atoms in total. The molecule has 0 aliphatic carbocycles. The zero-order chi connectivity index (χ0) is 22.2. The molecule has 0 bridgehead atoms. The number of fused-ring (bicyclic) bond motifs is 1. The first kappa shape index (κ1) is 20.5. The van der Waals surface area contributed by atoms with Gasteiger partial charge in [0.15, 0.2) is 0 Å². The highest BCUT2D eigenvalue weighted by Gasteiger charge is 2.37. The highest BCUT2D eigenvalue weighted by atomic mass is 19.4. The number of alkyl halides is 3. The van der Waals surface area contributed by atoms with Crippen LogP contribution in [-0.2, 0) is 17.4 Å². The Morgan fingerprint density at radius 1 is 1.23 bits per heavy atom. The van der Waals surface area contributed by atoms with Crippen LogP contribution in [0.2, 0.25) is 0 Å². The number of amides is 2. The molecule has 0 unspecified atom stereocenters. The summed E-state index contributed by atoms with van der Waals surface area (Å²) in [6.07, 6.45) is -2.11. The van der Waals surface area contributed by atoms with Gasteiger partial charge in [0.1, 0.15) is 17.6 Å². The Bertz CT molecular complexity index is 1130. The van der Waals surface area contributed by atoms with Crippen LogP contribution < -0.4 is 10.2 Å². The van der Waals surface area contributed by atoms with Crippen LogP contribution in [0.5, 0.6) is 0 Å². The molecule has 2 amide bonds. The van der Waals surface area contributed by atoms with Crippen molar-refractivity contribution in [2.45, 2.75) is 25.6 Å². The second-order valence-electron chi connectivity index (χ2n) is 6.82. The molecule has 4 rings (SSSR count). The molecule has 160 valence electrons. The van der Waals surface area contributed by atoms with Gasteiger partial charge in [-0.05, 0) is 25.1 Å². The van der Waals surface area contributed by atoms with Crippen molar-refractivity contribution in [1.82, 2.24) is 25.1 Å². The van der Waals surface area contributed by atoms with E-state index < -0.39 is 35.6 Å². The second-order valence-corrected chi connectivity index (χ2v) is 6.82. The number of hydrogen-bond acceptors (Lipinski definition) is 5. The summed E-state index contributed by atoms with van der Waals surface area (Å²) in [4.78, 5) is 33.9. The van der Waals surface area contributed by atoms with Crippen LogP contribution in [0.15, 0.2) is 48.8 Å². The smallest absolute Gasteiger partial charge is 0.337 e. The Balaban J connectivity index is 1.61. The third-order valence-corrected chi connectivity index (χ3v) is 4.83. The van der Waals surface area contributed by atoms with Gasteiger partial charge in [-0.25, -0.2) is 14.6 Å². The lowest BCUT2D eigenvalue weighted by Gasteiger charge is -2.32. The van der Waals surface area contributed by atoms with Crippen LogP contribution in [-0.4, -0.2) is 44.1 Å². The molecule has 1 atom stereocenters. The first-order valence-electron chi connectivity index (χ1n) is 9.44. The molecule has 1 aliphatic heterocycles. The normalized spacial score (nSPS) is 16.2. The number of nitrogens with one attached hydrogen (secondary N) is 1. The fourth-order valence-electron chi connectivity index (χ4n) is 3.43. The summed E-state index contributed by atoms with van der Waals surface area (Å²) in [5, 5.41) is 6.83. The molecule has 31 heavy (non-hydrogen) atoms. The summed E-state index contributed by atoms with van der Waals surface area (Å²) in [6.45, 7) is 2.10. The molecule has 0 fully saturated rings. The van der Waals surface area contributed by atoms with E-state index in [4.69, 9.17) is 0 Å². The summed E-state index contributed by atoms with van der Waals surface area (Å²) in [5.41, 5.74) is 0.264. The number of aromatic nitrogens is 4. The van der Waals surface area contributed by atoms with Crippen molar-refractivity contribution in [2.75, 3.05) is 11.4 Å². The number of carbonyl (C=O) groups is 2. The average Bonchev–Trinajstić information content (AvgIpc) is 3.18. The summed E-state index contributed by atoms with van der Waals surface area (Å²) in [5.74, 6) is -1.41. The fourth-order valence-corrected chi connectivity index (χ4v) is 3.43. The van der Waals surface area contributed by atoms with E-state index in [-0.39, 0.29) is 6.42 Å². The summed E-state index contributed by atoms with van der Waals surface area (Å²) in [7, 11) is 0.